The lowest BCUT2D eigenvalue weighted by Crippen LogP contribution is -1.87. The molecule has 0 heterocycles. The molecule has 0 aliphatic rings. The van der Waals surface area contributed by atoms with Gasteiger partial charge in [-0.3, -0.25) is 0 Å². The van der Waals surface area contributed by atoms with E-state index in [0.717, 1.165) is 0 Å². The molecule has 2 aromatic rings. The van der Waals surface area contributed by atoms with Crippen molar-refractivity contribution >= 4 is 33.4 Å². The molecule has 13 heavy (non-hydrogen) atoms. The first-order chi connectivity index (χ1) is 6.20. The van der Waals surface area contributed by atoms with Gasteiger partial charge in [0, 0.05) is 3.57 Å². The molecule has 0 saturated heterocycles. The number of aryl methyl sites for hydroxylation is 2. The van der Waals surface area contributed by atoms with Gasteiger partial charge in [-0.05, 0) is 58.3 Å². The Labute approximate surface area is 92.1 Å². The zero-order valence-corrected chi connectivity index (χ0v) is 9.92. The van der Waals surface area contributed by atoms with Gasteiger partial charge in [0.15, 0.2) is 0 Å². The maximum atomic E-state index is 2.42. The van der Waals surface area contributed by atoms with Crippen LogP contribution in [-0.4, -0.2) is 0 Å². The van der Waals surface area contributed by atoms with E-state index in [1.54, 1.807) is 0 Å². The second-order valence-electron chi connectivity index (χ2n) is 3.35. The zero-order chi connectivity index (χ0) is 9.42. The van der Waals surface area contributed by atoms with E-state index >= 15 is 0 Å². The van der Waals surface area contributed by atoms with Crippen LogP contribution < -0.4 is 0 Å². The Kier molecular flexibility index (Phi) is 2.28. The maximum absolute atomic E-state index is 2.42. The van der Waals surface area contributed by atoms with Crippen LogP contribution in [0.4, 0.5) is 0 Å². The Morgan fingerprint density at radius 3 is 2.54 bits per heavy atom. The number of hydrogen-bond acceptors (Lipinski definition) is 0. The van der Waals surface area contributed by atoms with Crippen LogP contribution in [0.15, 0.2) is 30.3 Å². The van der Waals surface area contributed by atoms with Crippen LogP contribution in [0, 0.1) is 17.4 Å². The lowest BCUT2D eigenvalue weighted by atomic mass is 10.0. The number of fused-ring (bicyclic) bond motifs is 1. The van der Waals surface area contributed by atoms with Crippen molar-refractivity contribution in [3.8, 4) is 0 Å². The van der Waals surface area contributed by atoms with Crippen molar-refractivity contribution < 1.29 is 0 Å². The molecule has 0 aliphatic heterocycles. The minimum atomic E-state index is 1.35. The predicted molar refractivity (Wildman–Crippen MR) is 66.1 cm³/mol. The van der Waals surface area contributed by atoms with Crippen molar-refractivity contribution in [1.29, 1.82) is 0 Å². The van der Waals surface area contributed by atoms with Gasteiger partial charge in [0.1, 0.15) is 0 Å². The molecule has 66 valence electrons. The summed E-state index contributed by atoms with van der Waals surface area (Å²) in [4.78, 5) is 0. The lowest BCUT2D eigenvalue weighted by molar-refractivity contribution is 1.38. The van der Waals surface area contributed by atoms with Crippen molar-refractivity contribution in [3.05, 3.63) is 45.0 Å². The Morgan fingerprint density at radius 2 is 1.77 bits per heavy atom. The van der Waals surface area contributed by atoms with E-state index in [9.17, 15) is 0 Å². The predicted octanol–water partition coefficient (Wildman–Crippen LogP) is 4.06. The first-order valence-corrected chi connectivity index (χ1v) is 5.42. The molecule has 0 radical (unpaired) electrons. The molecule has 0 fully saturated rings. The Balaban J connectivity index is 2.94. The van der Waals surface area contributed by atoms with E-state index < -0.39 is 0 Å². The monoisotopic (exact) mass is 282 g/mol. The van der Waals surface area contributed by atoms with Gasteiger partial charge in [0.05, 0.1) is 0 Å². The second-order valence-corrected chi connectivity index (χ2v) is 4.43. The quantitative estimate of drug-likeness (QED) is 0.639. The Hall–Kier alpha value is -0.570. The fraction of sp³-hybridized carbons (Fsp3) is 0.167. The molecule has 0 unspecified atom stereocenters. The van der Waals surface area contributed by atoms with Crippen LogP contribution in [0.25, 0.3) is 10.8 Å². The molecule has 0 aromatic heterocycles. The Morgan fingerprint density at radius 1 is 1.08 bits per heavy atom. The highest BCUT2D eigenvalue weighted by molar-refractivity contribution is 14.1. The van der Waals surface area contributed by atoms with Crippen molar-refractivity contribution in [1.82, 2.24) is 0 Å². The van der Waals surface area contributed by atoms with Crippen molar-refractivity contribution in [2.75, 3.05) is 0 Å². The first kappa shape index (κ1) is 9.00. The van der Waals surface area contributed by atoms with Gasteiger partial charge in [-0.1, -0.05) is 30.3 Å². The smallest absolute Gasteiger partial charge is 0.0195 e. The highest BCUT2D eigenvalue weighted by Crippen LogP contribution is 2.25. The van der Waals surface area contributed by atoms with Crippen LogP contribution in [0.1, 0.15) is 11.1 Å². The summed E-state index contributed by atoms with van der Waals surface area (Å²) in [5.41, 5.74) is 2.77. The van der Waals surface area contributed by atoms with Gasteiger partial charge >= 0.3 is 0 Å². The topological polar surface area (TPSA) is 0 Å². The molecular weight excluding hydrogens is 271 g/mol. The molecule has 0 amide bonds. The zero-order valence-electron chi connectivity index (χ0n) is 7.76. The maximum Gasteiger partial charge on any atom is 0.0195 e. The summed E-state index contributed by atoms with van der Waals surface area (Å²) in [6.07, 6.45) is 0. The third-order valence-corrected chi connectivity index (χ3v) is 4.07. The standard InChI is InChI=1S/C12H11I/c1-8-7-10-5-3-4-6-11(10)9(2)12(8)13/h3-7H,1-2H3. The molecule has 0 nitrogen and oxygen atoms in total. The summed E-state index contributed by atoms with van der Waals surface area (Å²) in [6.45, 7) is 4.36. The van der Waals surface area contributed by atoms with Crippen molar-refractivity contribution in [2.24, 2.45) is 0 Å². The molecule has 2 rings (SSSR count). The summed E-state index contributed by atoms with van der Waals surface area (Å²) in [5, 5.41) is 2.72. The first-order valence-electron chi connectivity index (χ1n) is 4.34. The minimum absolute atomic E-state index is 1.35. The van der Waals surface area contributed by atoms with Crippen LogP contribution >= 0.6 is 22.6 Å². The number of rotatable bonds is 0. The lowest BCUT2D eigenvalue weighted by Gasteiger charge is -2.07. The summed E-state index contributed by atoms with van der Waals surface area (Å²) in [5.74, 6) is 0. The van der Waals surface area contributed by atoms with E-state index in [1.807, 2.05) is 0 Å². The van der Waals surface area contributed by atoms with E-state index in [1.165, 1.54) is 25.5 Å². The number of halogens is 1. The fourth-order valence-corrected chi connectivity index (χ4v) is 2.12. The molecular formula is C12H11I. The van der Waals surface area contributed by atoms with Gasteiger partial charge < -0.3 is 0 Å². The molecule has 0 spiro atoms. The van der Waals surface area contributed by atoms with E-state index in [0.29, 0.717) is 0 Å². The van der Waals surface area contributed by atoms with Gasteiger partial charge in [-0.2, -0.15) is 0 Å². The molecule has 1 heteroatoms. The summed E-state index contributed by atoms with van der Waals surface area (Å²) in [7, 11) is 0. The number of benzene rings is 2. The molecule has 0 saturated carbocycles. The largest absolute Gasteiger partial charge is 0.0616 e. The highest BCUT2D eigenvalue weighted by atomic mass is 127. The van der Waals surface area contributed by atoms with Crippen LogP contribution in [0.2, 0.25) is 0 Å². The second kappa shape index (κ2) is 3.29. The molecule has 0 N–H and O–H groups in total. The van der Waals surface area contributed by atoms with E-state index in [-0.39, 0.29) is 0 Å². The van der Waals surface area contributed by atoms with Gasteiger partial charge in [-0.25, -0.2) is 0 Å². The molecule has 2 aromatic carbocycles. The van der Waals surface area contributed by atoms with Gasteiger partial charge in [-0.15, -0.1) is 0 Å². The number of hydrogen-bond donors (Lipinski definition) is 0. The normalized spacial score (nSPS) is 10.7. The average Bonchev–Trinajstić information content (AvgIpc) is 2.15. The van der Waals surface area contributed by atoms with E-state index in [2.05, 4.69) is 66.8 Å². The van der Waals surface area contributed by atoms with Crippen LogP contribution in [0.5, 0.6) is 0 Å². The third kappa shape index (κ3) is 1.46. The summed E-state index contributed by atoms with van der Waals surface area (Å²) < 4.78 is 1.39. The molecule has 0 aliphatic carbocycles. The third-order valence-electron chi connectivity index (χ3n) is 2.41. The van der Waals surface area contributed by atoms with Crippen LogP contribution in [0.3, 0.4) is 0 Å². The van der Waals surface area contributed by atoms with Gasteiger partial charge in [0.25, 0.3) is 0 Å². The Bertz CT molecular complexity index is 458. The molecule has 0 atom stereocenters. The highest BCUT2D eigenvalue weighted by Gasteiger charge is 2.03. The van der Waals surface area contributed by atoms with Gasteiger partial charge in [0.2, 0.25) is 0 Å². The van der Waals surface area contributed by atoms with Crippen molar-refractivity contribution in [3.63, 3.8) is 0 Å². The fourth-order valence-electron chi connectivity index (χ4n) is 1.67. The summed E-state index contributed by atoms with van der Waals surface area (Å²) >= 11 is 2.42. The SMILES string of the molecule is Cc1cc2ccccc2c(C)c1I. The van der Waals surface area contributed by atoms with E-state index in [4.69, 9.17) is 0 Å². The van der Waals surface area contributed by atoms with Crippen LogP contribution in [-0.2, 0) is 0 Å². The summed E-state index contributed by atoms with van der Waals surface area (Å²) in [6, 6.07) is 10.8. The minimum Gasteiger partial charge on any atom is -0.0616 e. The average molecular weight is 282 g/mol. The molecule has 0 bridgehead atoms. The van der Waals surface area contributed by atoms with Crippen molar-refractivity contribution in [2.45, 2.75) is 13.8 Å².